The zero-order valence-electron chi connectivity index (χ0n) is 12.3. The molecule has 0 saturated carbocycles. The Bertz CT molecular complexity index is 134. The highest BCUT2D eigenvalue weighted by atomic mass is 15.1. The highest BCUT2D eigenvalue weighted by Crippen LogP contribution is 2.15. The third-order valence-electron chi connectivity index (χ3n) is 3.46. The highest BCUT2D eigenvalue weighted by Gasteiger charge is 2.13. The summed E-state index contributed by atoms with van der Waals surface area (Å²) in [5, 5.41) is 0. The molecule has 98 valence electrons. The van der Waals surface area contributed by atoms with Crippen LogP contribution in [0.3, 0.4) is 0 Å². The fraction of sp³-hybridized carbons (Fsp3) is 1.00. The second kappa shape index (κ2) is 10.1. The van der Waals surface area contributed by atoms with Gasteiger partial charge in [0, 0.05) is 6.04 Å². The first kappa shape index (κ1) is 16.0. The minimum absolute atomic E-state index is 0.832. The van der Waals surface area contributed by atoms with Gasteiger partial charge in [0.2, 0.25) is 0 Å². The lowest BCUT2D eigenvalue weighted by Crippen LogP contribution is -2.33. The Kier molecular flexibility index (Phi) is 10.1. The van der Waals surface area contributed by atoms with Gasteiger partial charge in [-0.25, -0.2) is 0 Å². The van der Waals surface area contributed by atoms with Gasteiger partial charge in [0.15, 0.2) is 0 Å². The Morgan fingerprint density at radius 2 is 1.38 bits per heavy atom. The Morgan fingerprint density at radius 1 is 0.875 bits per heavy atom. The van der Waals surface area contributed by atoms with Crippen LogP contribution < -0.4 is 0 Å². The van der Waals surface area contributed by atoms with E-state index >= 15 is 0 Å². The molecule has 0 aliphatic heterocycles. The molecule has 0 bridgehead atoms. The molecule has 0 aromatic carbocycles. The van der Waals surface area contributed by atoms with E-state index in [1.54, 1.807) is 0 Å². The van der Waals surface area contributed by atoms with E-state index in [4.69, 9.17) is 0 Å². The first-order valence-corrected chi connectivity index (χ1v) is 7.32. The first-order chi connectivity index (χ1) is 7.61. The number of unbranched alkanes of at least 4 members (excludes halogenated alkanes) is 2. The molecule has 0 N–H and O–H groups in total. The molecule has 0 spiro atoms. The third kappa shape index (κ3) is 8.15. The number of hydrogen-bond acceptors (Lipinski definition) is 1. The van der Waals surface area contributed by atoms with Gasteiger partial charge in [-0.3, -0.25) is 0 Å². The summed E-state index contributed by atoms with van der Waals surface area (Å²) in [6.07, 6.45) is 9.57. The van der Waals surface area contributed by atoms with Crippen LogP contribution in [-0.4, -0.2) is 24.5 Å². The van der Waals surface area contributed by atoms with Crippen molar-refractivity contribution in [3.05, 3.63) is 0 Å². The van der Waals surface area contributed by atoms with E-state index < -0.39 is 0 Å². The van der Waals surface area contributed by atoms with Gasteiger partial charge in [-0.05, 0) is 38.8 Å². The van der Waals surface area contributed by atoms with Gasteiger partial charge in [0.25, 0.3) is 0 Å². The van der Waals surface area contributed by atoms with Crippen molar-refractivity contribution < 1.29 is 0 Å². The Balaban J connectivity index is 3.92. The SMILES string of the molecule is CCCCC(CCCC)N(C)CCC(C)C. The van der Waals surface area contributed by atoms with Crippen molar-refractivity contribution in [2.45, 2.75) is 78.7 Å². The van der Waals surface area contributed by atoms with Crippen LogP contribution in [0.25, 0.3) is 0 Å². The van der Waals surface area contributed by atoms with Crippen molar-refractivity contribution in [1.29, 1.82) is 0 Å². The summed E-state index contributed by atoms with van der Waals surface area (Å²) >= 11 is 0. The Morgan fingerprint density at radius 3 is 1.75 bits per heavy atom. The molecule has 0 fully saturated rings. The lowest BCUT2D eigenvalue weighted by molar-refractivity contribution is 0.201. The Labute approximate surface area is 104 Å². The summed E-state index contributed by atoms with van der Waals surface area (Å²) in [6, 6.07) is 0.832. The molecule has 0 heterocycles. The third-order valence-corrected chi connectivity index (χ3v) is 3.46. The van der Waals surface area contributed by atoms with E-state index in [0.717, 1.165) is 12.0 Å². The van der Waals surface area contributed by atoms with Crippen LogP contribution in [0, 0.1) is 5.92 Å². The largest absolute Gasteiger partial charge is 0.303 e. The normalized spacial score (nSPS) is 12.0. The van der Waals surface area contributed by atoms with Gasteiger partial charge in [0.1, 0.15) is 0 Å². The number of rotatable bonds is 10. The van der Waals surface area contributed by atoms with Gasteiger partial charge >= 0.3 is 0 Å². The van der Waals surface area contributed by atoms with Crippen molar-refractivity contribution in [3.8, 4) is 0 Å². The Hall–Kier alpha value is -0.0400. The van der Waals surface area contributed by atoms with E-state index in [2.05, 4.69) is 39.6 Å². The fourth-order valence-electron chi connectivity index (χ4n) is 2.11. The second-order valence-corrected chi connectivity index (χ2v) is 5.60. The molecule has 0 amide bonds. The van der Waals surface area contributed by atoms with Crippen molar-refractivity contribution in [3.63, 3.8) is 0 Å². The molecule has 0 rings (SSSR count). The molecule has 1 nitrogen and oxygen atoms in total. The van der Waals surface area contributed by atoms with Crippen LogP contribution in [0.15, 0.2) is 0 Å². The predicted octanol–water partition coefficient (Wildman–Crippen LogP) is 4.71. The highest BCUT2D eigenvalue weighted by molar-refractivity contribution is 4.69. The molecule has 1 heteroatoms. The monoisotopic (exact) mass is 227 g/mol. The second-order valence-electron chi connectivity index (χ2n) is 5.60. The molecule has 0 aromatic rings. The van der Waals surface area contributed by atoms with E-state index in [-0.39, 0.29) is 0 Å². The molecule has 16 heavy (non-hydrogen) atoms. The first-order valence-electron chi connectivity index (χ1n) is 7.32. The van der Waals surface area contributed by atoms with E-state index in [0.29, 0.717) is 0 Å². The molecule has 0 aliphatic rings. The number of hydrogen-bond donors (Lipinski definition) is 0. The summed E-state index contributed by atoms with van der Waals surface area (Å²) < 4.78 is 0. The summed E-state index contributed by atoms with van der Waals surface area (Å²) in [7, 11) is 2.32. The van der Waals surface area contributed by atoms with E-state index in [1.807, 2.05) is 0 Å². The minimum Gasteiger partial charge on any atom is -0.303 e. The fourth-order valence-corrected chi connectivity index (χ4v) is 2.11. The van der Waals surface area contributed by atoms with Crippen molar-refractivity contribution in [2.75, 3.05) is 13.6 Å². The molecule has 0 radical (unpaired) electrons. The van der Waals surface area contributed by atoms with Gasteiger partial charge < -0.3 is 4.90 Å². The molecular weight excluding hydrogens is 194 g/mol. The van der Waals surface area contributed by atoms with E-state index in [1.165, 1.54) is 51.5 Å². The van der Waals surface area contributed by atoms with Gasteiger partial charge in [-0.15, -0.1) is 0 Å². The van der Waals surface area contributed by atoms with Gasteiger partial charge in [0.05, 0.1) is 0 Å². The van der Waals surface area contributed by atoms with Crippen LogP contribution in [-0.2, 0) is 0 Å². The molecule has 0 saturated heterocycles. The summed E-state index contributed by atoms with van der Waals surface area (Å²) in [4.78, 5) is 2.60. The molecular formula is C15H33N. The van der Waals surface area contributed by atoms with E-state index in [9.17, 15) is 0 Å². The number of nitrogens with zero attached hydrogens (tertiary/aromatic N) is 1. The minimum atomic E-state index is 0.832. The summed E-state index contributed by atoms with van der Waals surface area (Å²) in [5.41, 5.74) is 0. The lowest BCUT2D eigenvalue weighted by atomic mass is 10.0. The maximum absolute atomic E-state index is 2.60. The zero-order chi connectivity index (χ0) is 12.4. The lowest BCUT2D eigenvalue weighted by Gasteiger charge is -2.28. The van der Waals surface area contributed by atoms with Crippen molar-refractivity contribution in [1.82, 2.24) is 4.90 Å². The standard InChI is InChI=1S/C15H33N/c1-6-8-10-15(11-9-7-2)16(5)13-12-14(3)4/h14-15H,6-13H2,1-5H3. The maximum atomic E-state index is 2.60. The van der Waals surface area contributed by atoms with Crippen molar-refractivity contribution in [2.24, 2.45) is 5.92 Å². The van der Waals surface area contributed by atoms with Crippen LogP contribution in [0.2, 0.25) is 0 Å². The molecule has 0 aromatic heterocycles. The van der Waals surface area contributed by atoms with Crippen LogP contribution in [0.4, 0.5) is 0 Å². The quantitative estimate of drug-likeness (QED) is 0.522. The topological polar surface area (TPSA) is 3.24 Å². The van der Waals surface area contributed by atoms with Gasteiger partial charge in [-0.2, -0.15) is 0 Å². The maximum Gasteiger partial charge on any atom is 0.00922 e. The molecule has 0 aliphatic carbocycles. The summed E-state index contributed by atoms with van der Waals surface area (Å²) in [5.74, 6) is 0.834. The van der Waals surface area contributed by atoms with Crippen molar-refractivity contribution >= 4 is 0 Å². The smallest absolute Gasteiger partial charge is 0.00922 e. The van der Waals surface area contributed by atoms with Gasteiger partial charge in [-0.1, -0.05) is 53.4 Å². The van der Waals surface area contributed by atoms with Crippen LogP contribution in [0.1, 0.15) is 72.6 Å². The molecule has 0 atom stereocenters. The average Bonchev–Trinajstić information content (AvgIpc) is 2.26. The zero-order valence-corrected chi connectivity index (χ0v) is 12.3. The van der Waals surface area contributed by atoms with Crippen LogP contribution >= 0.6 is 0 Å². The molecule has 0 unspecified atom stereocenters. The average molecular weight is 227 g/mol. The van der Waals surface area contributed by atoms with Crippen LogP contribution in [0.5, 0.6) is 0 Å². The predicted molar refractivity (Wildman–Crippen MR) is 74.9 cm³/mol. The summed E-state index contributed by atoms with van der Waals surface area (Å²) in [6.45, 7) is 10.5.